The Bertz CT molecular complexity index is 964. The number of aliphatic hydroxyl groups is 1. The van der Waals surface area contributed by atoms with E-state index in [1.807, 2.05) is 17.5 Å². The fraction of sp³-hybridized carbons (Fsp3) is 0.625. The highest BCUT2D eigenvalue weighted by Crippen LogP contribution is 2.45. The number of amides is 1. The van der Waals surface area contributed by atoms with Crippen LogP contribution in [0.5, 0.6) is 0 Å². The van der Waals surface area contributed by atoms with Crippen molar-refractivity contribution >= 4 is 23.2 Å². The summed E-state index contributed by atoms with van der Waals surface area (Å²) in [6, 6.07) is 4.74. The number of piperidine rings is 3. The number of ether oxygens (including phenoxy) is 1. The summed E-state index contributed by atoms with van der Waals surface area (Å²) in [5, 5.41) is 17.7. The molecule has 0 radical (unpaired) electrons. The standard InChI is InChI=1S/C24H31N3O5S/c25-22(28)21(18-10-13-31-26-18)27-11-8-16(9-12-27)19(15-27)32-23(29)24(30,20-7-4-14-33-20)17-5-2-1-3-6-17/h4,7,10,13-14,16-17,19,21,30H,1-3,5-6,8-9,11-12,15H2,(H-,25,28)/p+1/t16?,19-,21?,24?,27?/m0/s1. The Labute approximate surface area is 197 Å². The number of nitrogens with two attached hydrogens (primary N) is 1. The van der Waals surface area contributed by atoms with Crippen molar-refractivity contribution in [1.82, 2.24) is 5.16 Å². The maximum Gasteiger partial charge on any atom is 0.344 e. The molecular weight excluding hydrogens is 442 g/mol. The molecule has 178 valence electrons. The molecule has 3 N–H and O–H groups in total. The van der Waals surface area contributed by atoms with Crippen LogP contribution in [-0.4, -0.2) is 52.4 Å². The van der Waals surface area contributed by atoms with E-state index in [1.165, 1.54) is 17.6 Å². The number of hydrogen-bond acceptors (Lipinski definition) is 7. The van der Waals surface area contributed by atoms with Crippen molar-refractivity contribution in [2.24, 2.45) is 17.6 Å². The molecule has 4 fully saturated rings. The van der Waals surface area contributed by atoms with Gasteiger partial charge >= 0.3 is 5.97 Å². The lowest BCUT2D eigenvalue weighted by Gasteiger charge is -2.54. The van der Waals surface area contributed by atoms with Gasteiger partial charge in [-0.15, -0.1) is 11.3 Å². The Hall–Kier alpha value is -2.23. The predicted molar refractivity (Wildman–Crippen MR) is 121 cm³/mol. The van der Waals surface area contributed by atoms with Crippen LogP contribution in [0.3, 0.4) is 0 Å². The summed E-state index contributed by atoms with van der Waals surface area (Å²) in [6.07, 6.45) is 7.52. The van der Waals surface area contributed by atoms with E-state index in [2.05, 4.69) is 5.16 Å². The summed E-state index contributed by atoms with van der Waals surface area (Å²) < 4.78 is 11.6. The number of thiophene rings is 1. The first-order valence-corrected chi connectivity index (χ1v) is 12.8. The van der Waals surface area contributed by atoms with Gasteiger partial charge in [0.1, 0.15) is 12.8 Å². The SMILES string of the molecule is NC(=O)C(c1ccon1)[N+]12CCC(CC1)[C@@H](OC(=O)C(O)(c1cccs1)C1CCCCC1)C2. The first-order valence-electron chi connectivity index (χ1n) is 12.0. The second-order valence-electron chi connectivity index (χ2n) is 9.94. The molecule has 1 saturated carbocycles. The van der Waals surface area contributed by atoms with E-state index >= 15 is 0 Å². The normalized spacial score (nSPS) is 30.5. The minimum Gasteiger partial charge on any atom is -0.454 e. The summed E-state index contributed by atoms with van der Waals surface area (Å²) in [7, 11) is 0. The molecule has 3 atom stereocenters. The Morgan fingerprint density at radius 3 is 2.58 bits per heavy atom. The number of carbonyl (C=O) groups excluding carboxylic acids is 2. The summed E-state index contributed by atoms with van der Waals surface area (Å²) in [6.45, 7) is 2.04. The highest BCUT2D eigenvalue weighted by atomic mass is 32.1. The molecule has 2 aromatic rings. The fourth-order valence-corrected chi connectivity index (χ4v) is 7.32. The van der Waals surface area contributed by atoms with Gasteiger partial charge in [0.15, 0.2) is 17.4 Å². The first kappa shape index (κ1) is 22.6. The molecule has 3 saturated heterocycles. The Morgan fingerprint density at radius 1 is 1.21 bits per heavy atom. The quantitative estimate of drug-likeness (QED) is 0.471. The van der Waals surface area contributed by atoms with Gasteiger partial charge in [0.25, 0.3) is 5.91 Å². The second-order valence-corrected chi connectivity index (χ2v) is 10.9. The van der Waals surface area contributed by atoms with Crippen LogP contribution in [0, 0.1) is 11.8 Å². The molecular formula is C24H32N3O5S+. The third-order valence-electron chi connectivity index (χ3n) is 8.18. The van der Waals surface area contributed by atoms with Gasteiger partial charge < -0.3 is 24.6 Å². The third kappa shape index (κ3) is 3.90. The molecule has 4 aliphatic rings. The maximum atomic E-state index is 13.7. The average molecular weight is 475 g/mol. The lowest BCUT2D eigenvalue weighted by Crippen LogP contribution is -2.67. The lowest BCUT2D eigenvalue weighted by molar-refractivity contribution is -0.965. The van der Waals surface area contributed by atoms with Gasteiger partial charge in [-0.25, -0.2) is 4.79 Å². The van der Waals surface area contributed by atoms with Crippen molar-refractivity contribution in [3.8, 4) is 0 Å². The number of esters is 1. The molecule has 2 unspecified atom stereocenters. The van der Waals surface area contributed by atoms with E-state index in [0.29, 0.717) is 21.6 Å². The molecule has 8 nitrogen and oxygen atoms in total. The van der Waals surface area contributed by atoms with Gasteiger partial charge in [0, 0.05) is 35.6 Å². The van der Waals surface area contributed by atoms with Crippen LogP contribution in [0.15, 0.2) is 34.4 Å². The van der Waals surface area contributed by atoms with Crippen molar-refractivity contribution < 1.29 is 28.4 Å². The van der Waals surface area contributed by atoms with Crippen molar-refractivity contribution in [2.45, 2.75) is 62.7 Å². The van der Waals surface area contributed by atoms with Crippen LogP contribution in [0.2, 0.25) is 0 Å². The topological polar surface area (TPSA) is 116 Å². The van der Waals surface area contributed by atoms with Gasteiger partial charge in [0.2, 0.25) is 6.04 Å². The largest absolute Gasteiger partial charge is 0.454 e. The molecule has 5 heterocycles. The Kier molecular flexibility index (Phi) is 6.05. The number of aromatic nitrogens is 1. The van der Waals surface area contributed by atoms with E-state index in [0.717, 1.165) is 58.0 Å². The number of fused-ring (bicyclic) bond motifs is 3. The minimum absolute atomic E-state index is 0.143. The molecule has 1 aliphatic carbocycles. The molecule has 3 aliphatic heterocycles. The second kappa shape index (κ2) is 8.85. The van der Waals surface area contributed by atoms with Gasteiger partial charge in [-0.2, -0.15) is 0 Å². The van der Waals surface area contributed by atoms with E-state index in [4.69, 9.17) is 15.0 Å². The number of primary amides is 1. The van der Waals surface area contributed by atoms with E-state index in [1.54, 1.807) is 6.07 Å². The zero-order valence-electron chi connectivity index (χ0n) is 18.7. The molecule has 0 spiro atoms. The van der Waals surface area contributed by atoms with Crippen LogP contribution >= 0.6 is 11.3 Å². The smallest absolute Gasteiger partial charge is 0.344 e. The number of nitrogens with zero attached hydrogens (tertiary/aromatic N) is 2. The van der Waals surface area contributed by atoms with E-state index < -0.39 is 23.5 Å². The molecule has 6 rings (SSSR count). The number of quaternary nitrogens is 1. The predicted octanol–water partition coefficient (Wildman–Crippen LogP) is 2.88. The monoisotopic (exact) mass is 474 g/mol. The average Bonchev–Trinajstić information content (AvgIpc) is 3.54. The van der Waals surface area contributed by atoms with Gasteiger partial charge in [-0.3, -0.25) is 4.79 Å². The van der Waals surface area contributed by atoms with Crippen LogP contribution in [0.25, 0.3) is 0 Å². The third-order valence-corrected chi connectivity index (χ3v) is 9.17. The molecule has 2 bridgehead atoms. The Balaban J connectivity index is 1.40. The van der Waals surface area contributed by atoms with Crippen LogP contribution in [0.1, 0.15) is 61.6 Å². The van der Waals surface area contributed by atoms with Crippen LogP contribution < -0.4 is 5.73 Å². The van der Waals surface area contributed by atoms with E-state index in [9.17, 15) is 14.7 Å². The van der Waals surface area contributed by atoms with Crippen molar-refractivity contribution in [3.05, 3.63) is 40.4 Å². The first-order chi connectivity index (χ1) is 15.9. The fourth-order valence-electron chi connectivity index (χ4n) is 6.43. The lowest BCUT2D eigenvalue weighted by atomic mass is 9.75. The molecule has 0 aromatic carbocycles. The summed E-state index contributed by atoms with van der Waals surface area (Å²) >= 11 is 1.40. The molecule has 2 aromatic heterocycles. The highest BCUT2D eigenvalue weighted by molar-refractivity contribution is 7.10. The van der Waals surface area contributed by atoms with Crippen LogP contribution in [0.4, 0.5) is 0 Å². The summed E-state index contributed by atoms with van der Waals surface area (Å²) in [5.74, 6) is -0.925. The molecule has 9 heteroatoms. The van der Waals surface area contributed by atoms with Crippen molar-refractivity contribution in [3.63, 3.8) is 0 Å². The number of rotatable bonds is 7. The minimum atomic E-state index is -1.62. The van der Waals surface area contributed by atoms with Crippen molar-refractivity contribution in [1.29, 1.82) is 0 Å². The van der Waals surface area contributed by atoms with Gasteiger partial charge in [-0.1, -0.05) is 30.5 Å². The Morgan fingerprint density at radius 2 is 1.97 bits per heavy atom. The molecule has 1 amide bonds. The van der Waals surface area contributed by atoms with Crippen LogP contribution in [-0.2, 0) is 19.9 Å². The highest BCUT2D eigenvalue weighted by Gasteiger charge is 2.56. The van der Waals surface area contributed by atoms with E-state index in [-0.39, 0.29) is 17.9 Å². The van der Waals surface area contributed by atoms with Gasteiger partial charge in [0.05, 0.1) is 13.1 Å². The summed E-state index contributed by atoms with van der Waals surface area (Å²) in [5.41, 5.74) is 4.73. The molecule has 33 heavy (non-hydrogen) atoms. The maximum absolute atomic E-state index is 13.7. The van der Waals surface area contributed by atoms with Crippen molar-refractivity contribution in [2.75, 3.05) is 19.6 Å². The number of hydrogen-bond donors (Lipinski definition) is 2. The zero-order valence-corrected chi connectivity index (χ0v) is 19.5. The van der Waals surface area contributed by atoms with Gasteiger partial charge in [-0.05, 0) is 24.3 Å². The summed E-state index contributed by atoms with van der Waals surface area (Å²) in [4.78, 5) is 26.8. The zero-order chi connectivity index (χ0) is 23.1. The number of carbonyl (C=O) groups is 2.